The van der Waals surface area contributed by atoms with Gasteiger partial charge in [-0.2, -0.15) is 0 Å². The van der Waals surface area contributed by atoms with E-state index in [9.17, 15) is 9.59 Å². The Morgan fingerprint density at radius 2 is 1.76 bits per heavy atom. The van der Waals surface area contributed by atoms with Gasteiger partial charge in [0.2, 0.25) is 5.91 Å². The van der Waals surface area contributed by atoms with Crippen LogP contribution in [-0.2, 0) is 17.9 Å². The van der Waals surface area contributed by atoms with Crippen LogP contribution in [0.3, 0.4) is 0 Å². The molecule has 1 aromatic heterocycles. The quantitative estimate of drug-likeness (QED) is 0.536. The summed E-state index contributed by atoms with van der Waals surface area (Å²) < 4.78 is 0. The molecule has 0 aliphatic carbocycles. The molecule has 1 aromatic carbocycles. The van der Waals surface area contributed by atoms with Crippen LogP contribution >= 0.6 is 11.3 Å². The molecule has 0 fully saturated rings. The Hall–Kier alpha value is -2.34. The van der Waals surface area contributed by atoms with E-state index in [-0.39, 0.29) is 18.5 Å². The van der Waals surface area contributed by atoms with Crippen LogP contribution in [-0.4, -0.2) is 41.4 Å². The van der Waals surface area contributed by atoms with Crippen LogP contribution in [0.5, 0.6) is 0 Å². The van der Waals surface area contributed by atoms with Crippen molar-refractivity contribution in [1.29, 1.82) is 0 Å². The molecule has 0 saturated carbocycles. The standard InChI is InChI=1S/C23H33N3O2S/c1-4-6-13-24-23(28)25(14-5-2)18-22(27)26(16-20-10-8-7-9-11-20)17-21-19(3)12-15-29-21/h7-12,15H,4-6,13-14,16-18H2,1-3H3,(H,24,28). The van der Waals surface area contributed by atoms with E-state index in [1.54, 1.807) is 16.2 Å². The number of hydrogen-bond acceptors (Lipinski definition) is 3. The fraction of sp³-hybridized carbons (Fsp3) is 0.478. The molecule has 3 amide bonds. The Kier molecular flexibility index (Phi) is 9.71. The second-order valence-electron chi connectivity index (χ2n) is 7.27. The first kappa shape index (κ1) is 22.9. The van der Waals surface area contributed by atoms with Crippen molar-refractivity contribution < 1.29 is 9.59 Å². The molecule has 0 spiro atoms. The van der Waals surface area contributed by atoms with Gasteiger partial charge in [0, 0.05) is 24.5 Å². The first-order chi connectivity index (χ1) is 14.0. The third-order valence-corrected chi connectivity index (χ3v) is 5.79. The highest BCUT2D eigenvalue weighted by molar-refractivity contribution is 7.10. The minimum absolute atomic E-state index is 0.0271. The zero-order valence-corrected chi connectivity index (χ0v) is 18.6. The summed E-state index contributed by atoms with van der Waals surface area (Å²) >= 11 is 1.67. The summed E-state index contributed by atoms with van der Waals surface area (Å²) in [6, 6.07) is 11.9. The van der Waals surface area contributed by atoms with E-state index in [1.165, 1.54) is 10.4 Å². The van der Waals surface area contributed by atoms with Crippen LogP contribution in [0.1, 0.15) is 49.1 Å². The minimum atomic E-state index is -0.152. The summed E-state index contributed by atoms with van der Waals surface area (Å²) in [4.78, 5) is 30.4. The highest BCUT2D eigenvalue weighted by Crippen LogP contribution is 2.19. The van der Waals surface area contributed by atoms with Gasteiger partial charge in [-0.05, 0) is 42.3 Å². The lowest BCUT2D eigenvalue weighted by molar-refractivity contribution is -0.133. The van der Waals surface area contributed by atoms with Gasteiger partial charge in [0.1, 0.15) is 6.54 Å². The Balaban J connectivity index is 2.11. The van der Waals surface area contributed by atoms with Crippen molar-refractivity contribution in [3.8, 4) is 0 Å². The molecule has 0 aliphatic rings. The Morgan fingerprint density at radius 1 is 1.00 bits per heavy atom. The van der Waals surface area contributed by atoms with Gasteiger partial charge >= 0.3 is 6.03 Å². The van der Waals surface area contributed by atoms with Crippen LogP contribution in [0, 0.1) is 6.92 Å². The largest absolute Gasteiger partial charge is 0.338 e. The lowest BCUT2D eigenvalue weighted by Gasteiger charge is -2.28. The number of amides is 3. The first-order valence-electron chi connectivity index (χ1n) is 10.4. The molecule has 1 heterocycles. The lowest BCUT2D eigenvalue weighted by atomic mass is 10.2. The van der Waals surface area contributed by atoms with Crippen molar-refractivity contribution in [2.24, 2.45) is 0 Å². The first-order valence-corrected chi connectivity index (χ1v) is 11.3. The lowest BCUT2D eigenvalue weighted by Crippen LogP contribution is -2.47. The van der Waals surface area contributed by atoms with E-state index in [2.05, 4.69) is 30.6 Å². The zero-order chi connectivity index (χ0) is 21.1. The monoisotopic (exact) mass is 415 g/mol. The number of aryl methyl sites for hydroxylation is 1. The highest BCUT2D eigenvalue weighted by atomic mass is 32.1. The molecule has 2 aromatic rings. The van der Waals surface area contributed by atoms with E-state index in [4.69, 9.17) is 0 Å². The molecule has 0 atom stereocenters. The zero-order valence-electron chi connectivity index (χ0n) is 17.8. The van der Waals surface area contributed by atoms with Gasteiger partial charge in [-0.25, -0.2) is 4.79 Å². The number of rotatable bonds is 11. The Bertz CT molecular complexity index is 760. The van der Waals surface area contributed by atoms with Crippen LogP contribution in [0.2, 0.25) is 0 Å². The molecule has 0 unspecified atom stereocenters. The number of carbonyl (C=O) groups excluding carboxylic acids is 2. The van der Waals surface area contributed by atoms with Crippen molar-refractivity contribution in [1.82, 2.24) is 15.1 Å². The van der Waals surface area contributed by atoms with Crippen LogP contribution in [0.4, 0.5) is 4.79 Å². The number of nitrogens with zero attached hydrogens (tertiary/aromatic N) is 2. The van der Waals surface area contributed by atoms with Gasteiger partial charge in [-0.3, -0.25) is 4.79 Å². The number of benzene rings is 1. The van der Waals surface area contributed by atoms with E-state index in [1.807, 2.05) is 42.2 Å². The second-order valence-corrected chi connectivity index (χ2v) is 8.27. The molecule has 6 heteroatoms. The predicted octanol–water partition coefficient (Wildman–Crippen LogP) is 4.81. The maximum atomic E-state index is 13.2. The number of hydrogen-bond donors (Lipinski definition) is 1. The fourth-order valence-corrected chi connectivity index (χ4v) is 3.97. The predicted molar refractivity (Wildman–Crippen MR) is 120 cm³/mol. The second kappa shape index (κ2) is 12.3. The molecular formula is C23H33N3O2S. The highest BCUT2D eigenvalue weighted by Gasteiger charge is 2.22. The number of unbranched alkanes of at least 4 members (excludes halogenated alkanes) is 1. The van der Waals surface area contributed by atoms with Crippen molar-refractivity contribution >= 4 is 23.3 Å². The summed E-state index contributed by atoms with van der Waals surface area (Å²) in [5.41, 5.74) is 2.29. The molecule has 29 heavy (non-hydrogen) atoms. The maximum Gasteiger partial charge on any atom is 0.317 e. The van der Waals surface area contributed by atoms with Crippen LogP contribution in [0.15, 0.2) is 41.8 Å². The number of carbonyl (C=O) groups is 2. The minimum Gasteiger partial charge on any atom is -0.338 e. The normalized spacial score (nSPS) is 10.6. The number of urea groups is 1. The van der Waals surface area contributed by atoms with Crippen LogP contribution in [0.25, 0.3) is 0 Å². The van der Waals surface area contributed by atoms with Crippen molar-refractivity contribution in [2.45, 2.75) is 53.1 Å². The van der Waals surface area contributed by atoms with Gasteiger partial charge in [0.15, 0.2) is 0 Å². The van der Waals surface area contributed by atoms with Gasteiger partial charge in [-0.1, -0.05) is 50.6 Å². The molecule has 1 N–H and O–H groups in total. The Labute approximate surface area is 178 Å². The van der Waals surface area contributed by atoms with Gasteiger partial charge in [0.25, 0.3) is 0 Å². The molecule has 0 radical (unpaired) electrons. The van der Waals surface area contributed by atoms with E-state index in [0.717, 1.165) is 24.8 Å². The third-order valence-electron chi connectivity index (χ3n) is 4.79. The third kappa shape index (κ3) is 7.54. The SMILES string of the molecule is CCCCNC(=O)N(CCC)CC(=O)N(Cc1ccccc1)Cc1sccc1C. The van der Waals surface area contributed by atoms with E-state index >= 15 is 0 Å². The maximum absolute atomic E-state index is 13.2. The van der Waals surface area contributed by atoms with Gasteiger partial charge in [-0.15, -0.1) is 11.3 Å². The molecule has 0 saturated heterocycles. The average Bonchev–Trinajstić information content (AvgIpc) is 3.12. The van der Waals surface area contributed by atoms with Crippen molar-refractivity contribution in [3.05, 3.63) is 57.8 Å². The van der Waals surface area contributed by atoms with E-state index < -0.39 is 0 Å². The molecule has 158 valence electrons. The molecule has 0 bridgehead atoms. The van der Waals surface area contributed by atoms with Crippen LogP contribution < -0.4 is 5.32 Å². The van der Waals surface area contributed by atoms with Crippen molar-refractivity contribution in [2.75, 3.05) is 19.6 Å². The molecule has 5 nitrogen and oxygen atoms in total. The van der Waals surface area contributed by atoms with Crippen molar-refractivity contribution in [3.63, 3.8) is 0 Å². The summed E-state index contributed by atoms with van der Waals surface area (Å²) in [7, 11) is 0. The topological polar surface area (TPSA) is 52.7 Å². The van der Waals surface area contributed by atoms with Gasteiger partial charge in [0.05, 0.1) is 6.54 Å². The summed E-state index contributed by atoms with van der Waals surface area (Å²) in [5, 5.41) is 4.99. The smallest absolute Gasteiger partial charge is 0.317 e. The molecule has 0 aliphatic heterocycles. The number of thiophene rings is 1. The molecular weight excluding hydrogens is 382 g/mol. The summed E-state index contributed by atoms with van der Waals surface area (Å²) in [6.07, 6.45) is 2.78. The van der Waals surface area contributed by atoms with Gasteiger partial charge < -0.3 is 15.1 Å². The average molecular weight is 416 g/mol. The van der Waals surface area contributed by atoms with E-state index in [0.29, 0.717) is 26.2 Å². The fourth-order valence-electron chi connectivity index (χ4n) is 3.04. The number of nitrogens with one attached hydrogen (secondary N) is 1. The summed E-state index contributed by atoms with van der Waals surface area (Å²) in [6.45, 7) is 8.60. The Morgan fingerprint density at radius 3 is 2.38 bits per heavy atom. The molecule has 2 rings (SSSR count). The summed E-state index contributed by atoms with van der Waals surface area (Å²) in [5.74, 6) is -0.0271.